The van der Waals surface area contributed by atoms with Gasteiger partial charge >= 0.3 is 5.97 Å². The number of non-ortho nitro benzene ring substituents is 1. The summed E-state index contributed by atoms with van der Waals surface area (Å²) in [6.07, 6.45) is -0.914. The highest BCUT2D eigenvalue weighted by Gasteiger charge is 2.18. The van der Waals surface area contributed by atoms with Crippen molar-refractivity contribution in [2.45, 2.75) is 20.0 Å². The average Bonchev–Trinajstić information content (AvgIpc) is 2.38. The van der Waals surface area contributed by atoms with Crippen LogP contribution in [0.15, 0.2) is 24.3 Å². The number of ether oxygens (including phenoxy) is 1. The predicted octanol–water partition coefficient (Wildman–Crippen LogP) is 1.28. The molecule has 0 aromatic heterocycles. The molecule has 19 heavy (non-hydrogen) atoms. The zero-order valence-electron chi connectivity index (χ0n) is 10.6. The summed E-state index contributed by atoms with van der Waals surface area (Å²) in [6, 6.07) is 4.97. The Kier molecular flexibility index (Phi) is 4.99. The van der Waals surface area contributed by atoms with Crippen LogP contribution in [-0.2, 0) is 9.53 Å². The van der Waals surface area contributed by atoms with Crippen LogP contribution in [0.2, 0.25) is 0 Å². The lowest BCUT2D eigenvalue weighted by molar-refractivity contribution is -0.384. The summed E-state index contributed by atoms with van der Waals surface area (Å²) < 4.78 is 4.93. The van der Waals surface area contributed by atoms with Gasteiger partial charge in [0.15, 0.2) is 6.10 Å². The predicted molar refractivity (Wildman–Crippen MR) is 66.7 cm³/mol. The van der Waals surface area contributed by atoms with E-state index in [1.165, 1.54) is 31.2 Å². The molecule has 0 saturated carbocycles. The Hall–Kier alpha value is -2.44. The van der Waals surface area contributed by atoms with E-state index in [9.17, 15) is 19.7 Å². The van der Waals surface area contributed by atoms with Gasteiger partial charge in [-0.15, -0.1) is 0 Å². The number of nitro benzene ring substituents is 1. The van der Waals surface area contributed by atoms with E-state index in [2.05, 4.69) is 5.32 Å². The number of hydrogen-bond donors (Lipinski definition) is 1. The van der Waals surface area contributed by atoms with Gasteiger partial charge in [-0.2, -0.15) is 0 Å². The number of nitro groups is 1. The smallest absolute Gasteiger partial charge is 0.338 e. The van der Waals surface area contributed by atoms with Crippen LogP contribution in [0.4, 0.5) is 5.69 Å². The van der Waals surface area contributed by atoms with Crippen molar-refractivity contribution in [1.29, 1.82) is 0 Å². The number of amides is 1. The summed E-state index contributed by atoms with van der Waals surface area (Å²) in [5.74, 6) is -1.09. The van der Waals surface area contributed by atoms with E-state index in [1.54, 1.807) is 6.92 Å². The third-order valence-electron chi connectivity index (χ3n) is 2.32. The first-order valence-corrected chi connectivity index (χ1v) is 5.68. The molecule has 0 aliphatic heterocycles. The number of rotatable bonds is 5. The molecule has 7 heteroatoms. The summed E-state index contributed by atoms with van der Waals surface area (Å²) in [5.41, 5.74) is 0.0371. The maximum atomic E-state index is 11.7. The minimum Gasteiger partial charge on any atom is -0.449 e. The molecule has 0 aliphatic carbocycles. The molecule has 7 nitrogen and oxygen atoms in total. The fourth-order valence-electron chi connectivity index (χ4n) is 1.32. The van der Waals surface area contributed by atoms with Gasteiger partial charge in [0.05, 0.1) is 10.5 Å². The zero-order valence-corrected chi connectivity index (χ0v) is 10.6. The molecule has 0 spiro atoms. The van der Waals surface area contributed by atoms with Crippen molar-refractivity contribution in [3.63, 3.8) is 0 Å². The molecule has 0 fully saturated rings. The highest BCUT2D eigenvalue weighted by Crippen LogP contribution is 2.13. The number of carbonyl (C=O) groups is 2. The summed E-state index contributed by atoms with van der Waals surface area (Å²) in [5, 5.41) is 13.0. The second-order valence-electron chi connectivity index (χ2n) is 3.75. The van der Waals surface area contributed by atoms with Gasteiger partial charge in [0.2, 0.25) is 0 Å². The number of likely N-dealkylation sites (N-methyl/N-ethyl adjacent to an activating group) is 1. The number of esters is 1. The lowest BCUT2D eigenvalue weighted by Gasteiger charge is -2.12. The quantitative estimate of drug-likeness (QED) is 0.491. The topological polar surface area (TPSA) is 98.5 Å². The average molecular weight is 266 g/mol. The van der Waals surface area contributed by atoms with E-state index in [1.807, 2.05) is 0 Å². The molecule has 1 amide bonds. The summed E-state index contributed by atoms with van der Waals surface area (Å²) in [7, 11) is 0. The van der Waals surface area contributed by atoms with Crippen LogP contribution in [0.1, 0.15) is 24.2 Å². The van der Waals surface area contributed by atoms with Crippen molar-refractivity contribution in [1.82, 2.24) is 5.32 Å². The Balaban J connectivity index is 2.68. The second-order valence-corrected chi connectivity index (χ2v) is 3.75. The van der Waals surface area contributed by atoms with Crippen molar-refractivity contribution in [2.75, 3.05) is 6.54 Å². The number of hydrogen-bond acceptors (Lipinski definition) is 5. The fourth-order valence-corrected chi connectivity index (χ4v) is 1.32. The lowest BCUT2D eigenvalue weighted by Crippen LogP contribution is -2.35. The molecule has 0 radical (unpaired) electrons. The van der Waals surface area contributed by atoms with Gasteiger partial charge in [0.25, 0.3) is 11.6 Å². The van der Waals surface area contributed by atoms with E-state index in [0.717, 1.165) is 0 Å². The number of benzene rings is 1. The van der Waals surface area contributed by atoms with Crippen LogP contribution in [0.25, 0.3) is 0 Å². The Morgan fingerprint density at radius 1 is 1.37 bits per heavy atom. The molecule has 0 unspecified atom stereocenters. The van der Waals surface area contributed by atoms with E-state index in [0.29, 0.717) is 6.54 Å². The van der Waals surface area contributed by atoms with Gasteiger partial charge < -0.3 is 10.1 Å². The Bertz CT molecular complexity index is 483. The van der Waals surface area contributed by atoms with E-state index >= 15 is 0 Å². The minimum absolute atomic E-state index is 0.117. The lowest BCUT2D eigenvalue weighted by atomic mass is 10.2. The maximum absolute atomic E-state index is 11.7. The summed E-state index contributed by atoms with van der Waals surface area (Å²) >= 11 is 0. The molecule has 1 aromatic rings. The summed E-state index contributed by atoms with van der Waals surface area (Å²) in [6.45, 7) is 3.65. The highest BCUT2D eigenvalue weighted by molar-refractivity contribution is 5.92. The highest BCUT2D eigenvalue weighted by atomic mass is 16.6. The van der Waals surface area contributed by atoms with Crippen molar-refractivity contribution in [3.05, 3.63) is 39.9 Å². The first-order chi connectivity index (χ1) is 8.95. The SMILES string of the molecule is CCNC(=O)[C@H](C)OC(=O)c1ccc([N+](=O)[O-])cc1. The molecule has 0 saturated heterocycles. The Morgan fingerprint density at radius 2 is 1.95 bits per heavy atom. The first kappa shape index (κ1) is 14.6. The van der Waals surface area contributed by atoms with Crippen LogP contribution in [0, 0.1) is 10.1 Å². The van der Waals surface area contributed by atoms with Crippen molar-refractivity contribution in [2.24, 2.45) is 0 Å². The molecule has 0 bridgehead atoms. The number of nitrogens with one attached hydrogen (secondary N) is 1. The van der Waals surface area contributed by atoms with Gasteiger partial charge in [0.1, 0.15) is 0 Å². The van der Waals surface area contributed by atoms with E-state index < -0.39 is 22.9 Å². The largest absolute Gasteiger partial charge is 0.449 e. The third kappa shape index (κ3) is 4.06. The fraction of sp³-hybridized carbons (Fsp3) is 0.333. The Morgan fingerprint density at radius 3 is 2.42 bits per heavy atom. The summed E-state index contributed by atoms with van der Waals surface area (Å²) in [4.78, 5) is 32.9. The Labute approximate surface area is 109 Å². The van der Waals surface area contributed by atoms with Gasteiger partial charge in [-0.1, -0.05) is 0 Å². The van der Waals surface area contributed by atoms with Crippen LogP contribution >= 0.6 is 0 Å². The maximum Gasteiger partial charge on any atom is 0.338 e. The van der Waals surface area contributed by atoms with Crippen molar-refractivity contribution < 1.29 is 19.2 Å². The molecule has 1 aromatic carbocycles. The molecular formula is C12H14N2O5. The van der Waals surface area contributed by atoms with Gasteiger partial charge in [0, 0.05) is 18.7 Å². The molecule has 0 aliphatic rings. The van der Waals surface area contributed by atoms with Crippen LogP contribution in [0.5, 0.6) is 0 Å². The van der Waals surface area contributed by atoms with Gasteiger partial charge in [-0.05, 0) is 26.0 Å². The third-order valence-corrected chi connectivity index (χ3v) is 2.32. The van der Waals surface area contributed by atoms with Crippen LogP contribution in [0.3, 0.4) is 0 Å². The molecule has 102 valence electrons. The molecule has 0 heterocycles. The zero-order chi connectivity index (χ0) is 14.4. The van der Waals surface area contributed by atoms with Crippen LogP contribution < -0.4 is 5.32 Å². The first-order valence-electron chi connectivity index (χ1n) is 5.68. The molecule has 1 N–H and O–H groups in total. The second kappa shape index (κ2) is 6.48. The number of nitrogens with zero attached hydrogens (tertiary/aromatic N) is 1. The van der Waals surface area contributed by atoms with E-state index in [4.69, 9.17) is 4.74 Å². The molecule has 1 atom stereocenters. The van der Waals surface area contributed by atoms with Gasteiger partial charge in [-0.25, -0.2) is 4.79 Å². The van der Waals surface area contributed by atoms with Gasteiger partial charge in [-0.3, -0.25) is 14.9 Å². The van der Waals surface area contributed by atoms with Crippen molar-refractivity contribution in [3.8, 4) is 0 Å². The standard InChI is InChI=1S/C12H14N2O5/c1-3-13-11(15)8(2)19-12(16)9-4-6-10(7-5-9)14(17)18/h4-8H,3H2,1-2H3,(H,13,15)/t8-/m0/s1. The van der Waals surface area contributed by atoms with E-state index in [-0.39, 0.29) is 11.3 Å². The molecular weight excluding hydrogens is 252 g/mol. The van der Waals surface area contributed by atoms with Crippen LogP contribution in [-0.4, -0.2) is 29.4 Å². The number of carbonyl (C=O) groups excluding carboxylic acids is 2. The molecule has 1 rings (SSSR count). The monoisotopic (exact) mass is 266 g/mol. The minimum atomic E-state index is -0.914. The van der Waals surface area contributed by atoms with Crippen molar-refractivity contribution >= 4 is 17.6 Å². The normalized spacial score (nSPS) is 11.5.